The Kier molecular flexibility index (Phi) is 12.0. The number of terminal acetylenes is 1. The molecule has 370 valence electrons. The summed E-state index contributed by atoms with van der Waals surface area (Å²) in [6.45, 7) is 10.5. The third kappa shape index (κ3) is 8.93. The number of rotatable bonds is 11. The van der Waals surface area contributed by atoms with E-state index < -0.39 is 29.2 Å². The molecular weight excluding hydrogens is 911 g/mol. The molecule has 3 N–H and O–H groups in total. The summed E-state index contributed by atoms with van der Waals surface area (Å²) in [7, 11) is 1.72. The van der Waals surface area contributed by atoms with Gasteiger partial charge in [-0.1, -0.05) is 12.0 Å². The van der Waals surface area contributed by atoms with Crippen molar-refractivity contribution in [3.05, 3.63) is 76.3 Å². The summed E-state index contributed by atoms with van der Waals surface area (Å²) in [4.78, 5) is 61.1. The Morgan fingerprint density at radius 3 is 2.44 bits per heavy atom. The van der Waals surface area contributed by atoms with E-state index in [9.17, 15) is 24.6 Å². The number of β-amino-alcohol motifs (C(OH)–C–C–N with tert-alkyl or cyclic N) is 1. The summed E-state index contributed by atoms with van der Waals surface area (Å²) in [6.07, 6.45) is 13.2. The molecule has 5 aliphatic rings. The van der Waals surface area contributed by atoms with Crippen molar-refractivity contribution in [3.8, 4) is 35.4 Å². The first-order chi connectivity index (χ1) is 34.2. The summed E-state index contributed by atoms with van der Waals surface area (Å²) in [5.41, 5.74) is 1.00. The van der Waals surface area contributed by atoms with Crippen molar-refractivity contribution in [2.75, 3.05) is 81.9 Å². The zero-order valence-electron chi connectivity index (χ0n) is 40.1. The number of aromatic hydroxyl groups is 1. The minimum Gasteiger partial charge on any atom is -0.508 e. The number of imidazole rings is 1. The van der Waals surface area contributed by atoms with Crippen molar-refractivity contribution in [3.63, 3.8) is 0 Å². The first kappa shape index (κ1) is 46.7. The summed E-state index contributed by atoms with van der Waals surface area (Å²) in [6, 6.07) is 10.7. The van der Waals surface area contributed by atoms with Crippen LogP contribution in [0.3, 0.4) is 0 Å². The molecule has 1 aliphatic carbocycles. The minimum absolute atomic E-state index is 0.0185. The van der Waals surface area contributed by atoms with Crippen LogP contribution in [0.2, 0.25) is 0 Å². The number of carbonyl (C=O) groups excluding carboxylic acids is 2. The van der Waals surface area contributed by atoms with Gasteiger partial charge in [-0.05, 0) is 113 Å². The number of benzene rings is 3. The SMILES string of the molecule is C#Cc1c(F)ccc2cc(O)cc(-c3ncc4c(N5CCC[C@@](C)(O)C5)nc(OCC5(CN6CCC(CN7CCN(c8ccc9c(c8)n(C)c(=O)n9C8CCC(=O)NC8=O)CC7)CC6)CC5)nc4c3F)c12. The second-order valence-electron chi connectivity index (χ2n) is 20.8. The molecule has 0 bridgehead atoms. The van der Waals surface area contributed by atoms with Crippen LogP contribution in [0, 0.1) is 35.3 Å². The number of piperidine rings is 3. The summed E-state index contributed by atoms with van der Waals surface area (Å²) in [5, 5.41) is 25.2. The van der Waals surface area contributed by atoms with Gasteiger partial charge in [0, 0.05) is 94.1 Å². The van der Waals surface area contributed by atoms with E-state index in [2.05, 4.69) is 35.9 Å². The molecule has 11 rings (SSSR count). The first-order valence-corrected chi connectivity index (χ1v) is 24.8. The van der Waals surface area contributed by atoms with Crippen molar-refractivity contribution in [2.24, 2.45) is 18.4 Å². The highest BCUT2D eigenvalue weighted by Crippen LogP contribution is 2.47. The number of anilines is 2. The molecule has 6 aromatic rings. The smallest absolute Gasteiger partial charge is 0.329 e. The Morgan fingerprint density at radius 1 is 0.915 bits per heavy atom. The second-order valence-corrected chi connectivity index (χ2v) is 20.8. The monoisotopic (exact) mass is 968 g/mol. The van der Waals surface area contributed by atoms with Gasteiger partial charge in [-0.2, -0.15) is 9.97 Å². The highest BCUT2D eigenvalue weighted by atomic mass is 19.1. The molecule has 0 spiro atoms. The van der Waals surface area contributed by atoms with Gasteiger partial charge in [-0.15, -0.1) is 6.42 Å². The number of hydrogen-bond donors (Lipinski definition) is 3. The van der Waals surface area contributed by atoms with Crippen LogP contribution in [0.4, 0.5) is 20.3 Å². The highest BCUT2D eigenvalue weighted by Gasteiger charge is 2.46. The molecule has 16 nitrogen and oxygen atoms in total. The van der Waals surface area contributed by atoms with E-state index >= 15 is 8.78 Å². The average Bonchev–Trinajstić information content (AvgIpc) is 4.08. The molecule has 3 aromatic heterocycles. The molecule has 2 amide bonds. The molecule has 4 saturated heterocycles. The molecule has 4 aliphatic heterocycles. The van der Waals surface area contributed by atoms with Gasteiger partial charge in [-0.3, -0.25) is 33.9 Å². The molecule has 2 atom stereocenters. The normalized spacial score (nSPS) is 22.3. The number of hydrogen-bond acceptors (Lipinski definition) is 13. The third-order valence-electron chi connectivity index (χ3n) is 15.6. The van der Waals surface area contributed by atoms with Crippen LogP contribution in [0.15, 0.2) is 53.5 Å². The van der Waals surface area contributed by atoms with Crippen molar-refractivity contribution >= 4 is 56.0 Å². The van der Waals surface area contributed by atoms with Crippen LogP contribution in [0.1, 0.15) is 69.9 Å². The van der Waals surface area contributed by atoms with Gasteiger partial charge >= 0.3 is 11.7 Å². The standard InChI is InChI=1S/C53H58F2N10O6/c1-4-36-39(54)8-6-33-24-35(66)26-37(44(33)36)46-45(55)47-38(27-56-46)48(64-17-5-14-52(2,70)29-64)59-50(58-47)71-31-53(15-16-53)30-62-18-12-32(13-19-62)28-61-20-22-63(23-21-61)34-7-9-40-42(25-34)60(3)51(69)65(40)41-10-11-43(67)57-49(41)68/h1,6-9,24-27,32,41,66,70H,5,10-23,28-31H2,2-3H3,(H,57,67,68)/t41?,52-/m1/s1. The maximum Gasteiger partial charge on any atom is 0.329 e. The number of aliphatic hydroxyl groups is 1. The van der Waals surface area contributed by atoms with Crippen LogP contribution in [-0.2, 0) is 16.6 Å². The molecule has 1 unspecified atom stereocenters. The fourth-order valence-corrected chi connectivity index (χ4v) is 11.5. The Morgan fingerprint density at radius 2 is 1.70 bits per heavy atom. The van der Waals surface area contributed by atoms with E-state index in [0.717, 1.165) is 89.2 Å². The summed E-state index contributed by atoms with van der Waals surface area (Å²) >= 11 is 0. The van der Waals surface area contributed by atoms with Crippen molar-refractivity contribution < 1.29 is 33.3 Å². The van der Waals surface area contributed by atoms with Crippen LogP contribution in [0.25, 0.3) is 44.0 Å². The third-order valence-corrected chi connectivity index (χ3v) is 15.6. The number of amides is 2. The fraction of sp³-hybridized carbons (Fsp3) is 0.472. The predicted octanol–water partition coefficient (Wildman–Crippen LogP) is 5.49. The van der Waals surface area contributed by atoms with E-state index in [-0.39, 0.29) is 69.5 Å². The Labute approximate surface area is 409 Å². The van der Waals surface area contributed by atoms with E-state index in [1.807, 2.05) is 23.1 Å². The predicted molar refractivity (Wildman–Crippen MR) is 265 cm³/mol. The number of phenols is 1. The molecular formula is C53H58F2N10O6. The number of imide groups is 1. The van der Waals surface area contributed by atoms with Gasteiger partial charge in [0.05, 0.1) is 34.2 Å². The fourth-order valence-electron chi connectivity index (χ4n) is 11.5. The number of fused-ring (bicyclic) bond motifs is 3. The van der Waals surface area contributed by atoms with Gasteiger partial charge in [-0.25, -0.2) is 13.6 Å². The maximum absolute atomic E-state index is 17.1. The molecule has 0 radical (unpaired) electrons. The van der Waals surface area contributed by atoms with E-state index in [0.29, 0.717) is 60.4 Å². The Bertz CT molecular complexity index is 3220. The topological polar surface area (TPSA) is 174 Å². The second kappa shape index (κ2) is 18.2. The summed E-state index contributed by atoms with van der Waals surface area (Å²) < 4.78 is 41.7. The largest absolute Gasteiger partial charge is 0.508 e. The lowest BCUT2D eigenvalue weighted by Gasteiger charge is -2.40. The van der Waals surface area contributed by atoms with Crippen molar-refractivity contribution in [1.29, 1.82) is 0 Å². The lowest BCUT2D eigenvalue weighted by Crippen LogP contribution is -2.49. The van der Waals surface area contributed by atoms with E-state index in [1.165, 1.54) is 35.0 Å². The molecule has 1 saturated carbocycles. The van der Waals surface area contributed by atoms with Gasteiger partial charge < -0.3 is 29.6 Å². The number of likely N-dealkylation sites (tertiary alicyclic amines) is 1. The Hall–Kier alpha value is -6.68. The number of halogens is 2. The minimum atomic E-state index is -0.988. The van der Waals surface area contributed by atoms with Crippen LogP contribution in [0.5, 0.6) is 11.8 Å². The number of piperazine rings is 1. The van der Waals surface area contributed by atoms with E-state index in [1.54, 1.807) is 18.5 Å². The van der Waals surface area contributed by atoms with E-state index in [4.69, 9.17) is 16.1 Å². The van der Waals surface area contributed by atoms with Gasteiger partial charge in [0.1, 0.15) is 34.6 Å². The zero-order valence-corrected chi connectivity index (χ0v) is 40.1. The highest BCUT2D eigenvalue weighted by molar-refractivity contribution is 6.03. The lowest BCUT2D eigenvalue weighted by atomic mass is 9.94. The van der Waals surface area contributed by atoms with Crippen molar-refractivity contribution in [2.45, 2.75) is 69.9 Å². The van der Waals surface area contributed by atoms with Crippen LogP contribution in [-0.4, -0.2) is 134 Å². The zero-order chi connectivity index (χ0) is 49.3. The average molecular weight is 969 g/mol. The molecule has 3 aromatic carbocycles. The number of phenolic OH excluding ortho intramolecular Hbond substituents is 1. The van der Waals surface area contributed by atoms with Crippen LogP contribution < -0.4 is 25.5 Å². The van der Waals surface area contributed by atoms with Gasteiger partial charge in [0.25, 0.3) is 0 Å². The maximum atomic E-state index is 17.1. The molecule has 71 heavy (non-hydrogen) atoms. The quantitative estimate of drug-likeness (QED) is 0.110. The lowest BCUT2D eigenvalue weighted by molar-refractivity contribution is -0.135. The first-order valence-electron chi connectivity index (χ1n) is 24.8. The number of carbonyl (C=O) groups is 2. The van der Waals surface area contributed by atoms with Gasteiger partial charge in [0.2, 0.25) is 11.8 Å². The number of aromatic nitrogens is 5. The van der Waals surface area contributed by atoms with Crippen molar-refractivity contribution in [1.82, 2.24) is 39.2 Å². The number of ether oxygens (including phenoxy) is 1. The molecule has 7 heterocycles. The molecule has 5 fully saturated rings. The number of pyridine rings is 1. The summed E-state index contributed by atoms with van der Waals surface area (Å²) in [5.74, 6) is 1.03. The number of aryl methyl sites for hydroxylation is 1. The Balaban J connectivity index is 0.735. The van der Waals surface area contributed by atoms with Crippen LogP contribution >= 0.6 is 0 Å². The number of nitrogens with zero attached hydrogens (tertiary/aromatic N) is 9. The molecule has 18 heteroatoms. The number of nitrogens with one attached hydrogen (secondary N) is 1. The van der Waals surface area contributed by atoms with Gasteiger partial charge in [0.15, 0.2) is 5.82 Å².